The van der Waals surface area contributed by atoms with Crippen LogP contribution in [0.25, 0.3) is 11.4 Å². The molecule has 2 aromatic carbocycles. The van der Waals surface area contributed by atoms with Crippen LogP contribution in [-0.4, -0.2) is 15.2 Å². The molecule has 1 unspecified atom stereocenters. The summed E-state index contributed by atoms with van der Waals surface area (Å²) < 4.78 is 13.2. The first-order valence-electron chi connectivity index (χ1n) is 6.64. The van der Waals surface area contributed by atoms with Crippen LogP contribution in [0.5, 0.6) is 0 Å². The Bertz CT molecular complexity index is 749. The third-order valence-corrected chi connectivity index (χ3v) is 3.32. The Hall–Kier alpha value is -2.53. The Labute approximate surface area is 121 Å². The van der Waals surface area contributed by atoms with Crippen LogP contribution in [0.1, 0.15) is 23.0 Å². The van der Waals surface area contributed by atoms with Gasteiger partial charge in [0.15, 0.2) is 5.82 Å². The maximum Gasteiger partial charge on any atom is 0.181 e. The molecule has 106 valence electrons. The van der Waals surface area contributed by atoms with Gasteiger partial charge in [-0.25, -0.2) is 9.37 Å². The number of halogens is 1. The van der Waals surface area contributed by atoms with Crippen LogP contribution >= 0.6 is 0 Å². The second kappa shape index (κ2) is 5.46. The number of aromatic nitrogens is 3. The largest absolute Gasteiger partial charge is 0.318 e. The molecule has 5 heteroatoms. The molecular weight excluding hydrogens is 267 g/mol. The minimum absolute atomic E-state index is 0.318. The summed E-state index contributed by atoms with van der Waals surface area (Å²) >= 11 is 0. The second-order valence-corrected chi connectivity index (χ2v) is 4.94. The molecule has 0 bridgehead atoms. The van der Waals surface area contributed by atoms with Crippen molar-refractivity contribution >= 4 is 0 Å². The molecule has 0 radical (unpaired) electrons. The van der Waals surface area contributed by atoms with E-state index in [4.69, 9.17) is 5.73 Å². The van der Waals surface area contributed by atoms with Gasteiger partial charge in [0.2, 0.25) is 0 Å². The standard InChI is InChI=1S/C16H15FN4/c1-10-5-7-11(8-6-10)14(18)16-19-15(20-21-16)12-3-2-4-13(17)9-12/h2-9,14H,18H2,1H3,(H,19,20,21). The first-order chi connectivity index (χ1) is 10.1. The van der Waals surface area contributed by atoms with Crippen LogP contribution in [0.4, 0.5) is 4.39 Å². The molecule has 1 aromatic heterocycles. The lowest BCUT2D eigenvalue weighted by atomic mass is 10.1. The molecule has 3 N–H and O–H groups in total. The normalized spacial score (nSPS) is 12.3. The average molecular weight is 282 g/mol. The van der Waals surface area contributed by atoms with Crippen LogP contribution in [0.2, 0.25) is 0 Å². The molecule has 0 amide bonds. The number of rotatable bonds is 3. The lowest BCUT2D eigenvalue weighted by molar-refractivity contribution is 0.628. The maximum atomic E-state index is 13.2. The number of aryl methyl sites for hydroxylation is 1. The predicted octanol–water partition coefficient (Wildman–Crippen LogP) is 2.97. The summed E-state index contributed by atoms with van der Waals surface area (Å²) in [6.07, 6.45) is 0. The Balaban J connectivity index is 1.89. The summed E-state index contributed by atoms with van der Waals surface area (Å²) in [7, 11) is 0. The summed E-state index contributed by atoms with van der Waals surface area (Å²) in [6, 6.07) is 13.7. The zero-order valence-electron chi connectivity index (χ0n) is 11.5. The van der Waals surface area contributed by atoms with Gasteiger partial charge in [-0.1, -0.05) is 42.0 Å². The molecule has 3 rings (SSSR count). The number of nitrogens with two attached hydrogens (primary N) is 1. The third-order valence-electron chi connectivity index (χ3n) is 3.32. The maximum absolute atomic E-state index is 13.2. The Morgan fingerprint density at radius 2 is 1.90 bits per heavy atom. The zero-order chi connectivity index (χ0) is 14.8. The number of aromatic amines is 1. The number of H-pyrrole nitrogens is 1. The molecule has 1 atom stereocenters. The fourth-order valence-corrected chi connectivity index (χ4v) is 2.10. The monoisotopic (exact) mass is 282 g/mol. The van der Waals surface area contributed by atoms with Crippen molar-refractivity contribution in [1.82, 2.24) is 15.2 Å². The third kappa shape index (κ3) is 2.83. The van der Waals surface area contributed by atoms with Crippen LogP contribution < -0.4 is 5.73 Å². The van der Waals surface area contributed by atoms with E-state index >= 15 is 0 Å². The van der Waals surface area contributed by atoms with Crippen molar-refractivity contribution in [1.29, 1.82) is 0 Å². The van der Waals surface area contributed by atoms with Crippen LogP contribution in [0, 0.1) is 12.7 Å². The van der Waals surface area contributed by atoms with Gasteiger partial charge in [0.1, 0.15) is 11.6 Å². The number of hydrogen-bond donors (Lipinski definition) is 2. The smallest absolute Gasteiger partial charge is 0.181 e. The fraction of sp³-hybridized carbons (Fsp3) is 0.125. The summed E-state index contributed by atoms with van der Waals surface area (Å²) in [4.78, 5) is 4.36. The van der Waals surface area contributed by atoms with E-state index in [1.165, 1.54) is 17.7 Å². The first-order valence-corrected chi connectivity index (χ1v) is 6.64. The number of nitrogens with one attached hydrogen (secondary N) is 1. The van der Waals surface area contributed by atoms with Gasteiger partial charge in [0.05, 0.1) is 6.04 Å². The fourth-order valence-electron chi connectivity index (χ4n) is 2.10. The highest BCUT2D eigenvalue weighted by Gasteiger charge is 2.14. The molecule has 0 saturated heterocycles. The molecule has 0 spiro atoms. The van der Waals surface area contributed by atoms with Gasteiger partial charge in [-0.15, -0.1) is 0 Å². The van der Waals surface area contributed by atoms with E-state index in [1.807, 2.05) is 31.2 Å². The quantitative estimate of drug-likeness (QED) is 0.776. The van der Waals surface area contributed by atoms with E-state index in [-0.39, 0.29) is 11.9 Å². The summed E-state index contributed by atoms with van der Waals surface area (Å²) in [5.41, 5.74) is 8.92. The van der Waals surface area contributed by atoms with E-state index < -0.39 is 0 Å². The van der Waals surface area contributed by atoms with E-state index in [1.54, 1.807) is 12.1 Å². The molecule has 1 heterocycles. The molecule has 0 aliphatic heterocycles. The van der Waals surface area contributed by atoms with Crippen molar-refractivity contribution in [2.75, 3.05) is 0 Å². The van der Waals surface area contributed by atoms with Crippen LogP contribution in [0.15, 0.2) is 48.5 Å². The summed E-state index contributed by atoms with van der Waals surface area (Å²) in [5, 5.41) is 6.94. The molecule has 3 aromatic rings. The van der Waals surface area contributed by atoms with Gasteiger partial charge in [-0.2, -0.15) is 5.10 Å². The molecular formula is C16H15FN4. The molecule has 0 aliphatic carbocycles. The SMILES string of the molecule is Cc1ccc(C(N)c2nc(-c3cccc(F)c3)n[nH]2)cc1. The van der Waals surface area contributed by atoms with Crippen molar-refractivity contribution in [2.24, 2.45) is 5.73 Å². The first kappa shape index (κ1) is 13.5. The minimum Gasteiger partial charge on any atom is -0.318 e. The highest BCUT2D eigenvalue weighted by atomic mass is 19.1. The molecule has 0 aliphatic rings. The Morgan fingerprint density at radius 1 is 1.14 bits per heavy atom. The highest BCUT2D eigenvalue weighted by Crippen LogP contribution is 2.20. The Morgan fingerprint density at radius 3 is 2.62 bits per heavy atom. The van der Waals surface area contributed by atoms with E-state index in [0.717, 1.165) is 5.56 Å². The molecule has 0 fully saturated rings. The summed E-state index contributed by atoms with van der Waals surface area (Å²) in [6.45, 7) is 2.02. The van der Waals surface area contributed by atoms with Gasteiger partial charge >= 0.3 is 0 Å². The van der Waals surface area contributed by atoms with E-state index in [9.17, 15) is 4.39 Å². The number of hydrogen-bond acceptors (Lipinski definition) is 3. The van der Waals surface area contributed by atoms with Gasteiger partial charge < -0.3 is 5.73 Å². The van der Waals surface area contributed by atoms with E-state index in [2.05, 4.69) is 15.2 Å². The molecule has 0 saturated carbocycles. The van der Waals surface area contributed by atoms with Gasteiger partial charge in [0, 0.05) is 5.56 Å². The van der Waals surface area contributed by atoms with E-state index in [0.29, 0.717) is 17.2 Å². The predicted molar refractivity (Wildman–Crippen MR) is 79.0 cm³/mol. The van der Waals surface area contributed by atoms with Crippen molar-refractivity contribution in [3.63, 3.8) is 0 Å². The Kier molecular flexibility index (Phi) is 3.50. The van der Waals surface area contributed by atoms with Gasteiger partial charge in [0.25, 0.3) is 0 Å². The van der Waals surface area contributed by atoms with Crippen molar-refractivity contribution in [3.8, 4) is 11.4 Å². The number of nitrogens with zero attached hydrogens (tertiary/aromatic N) is 2. The van der Waals surface area contributed by atoms with Crippen molar-refractivity contribution in [3.05, 3.63) is 71.3 Å². The zero-order valence-corrected chi connectivity index (χ0v) is 11.5. The van der Waals surface area contributed by atoms with Crippen LogP contribution in [-0.2, 0) is 0 Å². The highest BCUT2D eigenvalue weighted by molar-refractivity contribution is 5.54. The lowest BCUT2D eigenvalue weighted by Gasteiger charge is -2.08. The topological polar surface area (TPSA) is 67.6 Å². The van der Waals surface area contributed by atoms with Crippen LogP contribution in [0.3, 0.4) is 0 Å². The molecule has 21 heavy (non-hydrogen) atoms. The minimum atomic E-state index is -0.389. The summed E-state index contributed by atoms with van der Waals surface area (Å²) in [5.74, 6) is 0.673. The average Bonchev–Trinajstić information content (AvgIpc) is 2.97. The van der Waals surface area contributed by atoms with Crippen molar-refractivity contribution in [2.45, 2.75) is 13.0 Å². The number of benzene rings is 2. The van der Waals surface area contributed by atoms with Gasteiger partial charge in [-0.05, 0) is 24.6 Å². The second-order valence-electron chi connectivity index (χ2n) is 4.94. The van der Waals surface area contributed by atoms with Gasteiger partial charge in [-0.3, -0.25) is 5.10 Å². The molecule has 4 nitrogen and oxygen atoms in total. The lowest BCUT2D eigenvalue weighted by Crippen LogP contribution is -2.13. The van der Waals surface area contributed by atoms with Crippen molar-refractivity contribution < 1.29 is 4.39 Å².